The summed E-state index contributed by atoms with van der Waals surface area (Å²) < 4.78 is 25.2. The molecule has 0 spiro atoms. The van der Waals surface area contributed by atoms with Crippen LogP contribution in [0.3, 0.4) is 0 Å². The van der Waals surface area contributed by atoms with E-state index in [1.54, 1.807) is 25.1 Å². The molecule has 3 heterocycles. The van der Waals surface area contributed by atoms with Crippen LogP contribution in [0, 0.1) is 11.2 Å². The number of H-pyrrole nitrogens is 1. The molecular formula is C23H25FN6O6. The van der Waals surface area contributed by atoms with Crippen LogP contribution in [0.5, 0.6) is 0 Å². The first-order valence-corrected chi connectivity index (χ1v) is 11.1. The zero-order valence-corrected chi connectivity index (χ0v) is 19.3. The summed E-state index contributed by atoms with van der Waals surface area (Å²) in [4.78, 5) is 39.5. The highest BCUT2D eigenvalue weighted by Crippen LogP contribution is 2.35. The van der Waals surface area contributed by atoms with Gasteiger partial charge >= 0.3 is 5.97 Å². The van der Waals surface area contributed by atoms with Gasteiger partial charge in [0.2, 0.25) is 18.1 Å². The van der Waals surface area contributed by atoms with E-state index < -0.39 is 23.5 Å². The van der Waals surface area contributed by atoms with E-state index in [4.69, 9.17) is 19.7 Å². The first-order valence-electron chi connectivity index (χ1n) is 11.1. The molecule has 2 aromatic heterocycles. The average molecular weight is 500 g/mol. The van der Waals surface area contributed by atoms with Gasteiger partial charge in [-0.1, -0.05) is 0 Å². The molecule has 0 atom stereocenters. The third-order valence-corrected chi connectivity index (χ3v) is 5.42. The number of amides is 1. The SMILES string of the molecule is CC1(C(=O)NCCO)COC(c2nc(-c3ccc(F)cc3)c(-c3ccnc(NCC(=O)O)n3)[nH]2)OC1. The Bertz CT molecular complexity index is 1230. The Balaban J connectivity index is 1.63. The van der Waals surface area contributed by atoms with Crippen LogP contribution in [0.25, 0.3) is 22.6 Å². The van der Waals surface area contributed by atoms with Crippen LogP contribution in [0.1, 0.15) is 19.0 Å². The number of aromatic amines is 1. The maximum Gasteiger partial charge on any atom is 0.322 e. The minimum atomic E-state index is -1.07. The lowest BCUT2D eigenvalue weighted by Gasteiger charge is -2.35. The number of carbonyl (C=O) groups is 2. The van der Waals surface area contributed by atoms with Crippen LogP contribution in [0.15, 0.2) is 36.5 Å². The van der Waals surface area contributed by atoms with Crippen molar-refractivity contribution in [3.05, 3.63) is 48.2 Å². The number of carbonyl (C=O) groups excluding carboxylic acids is 1. The fraction of sp³-hybridized carbons (Fsp3) is 0.348. The topological polar surface area (TPSA) is 172 Å². The van der Waals surface area contributed by atoms with Gasteiger partial charge in [0.1, 0.15) is 12.4 Å². The van der Waals surface area contributed by atoms with Gasteiger partial charge in [0.25, 0.3) is 0 Å². The predicted octanol–water partition coefficient (Wildman–Crippen LogP) is 1.33. The van der Waals surface area contributed by atoms with Crippen molar-refractivity contribution in [3.63, 3.8) is 0 Å². The highest BCUT2D eigenvalue weighted by atomic mass is 19.1. The summed E-state index contributed by atoms with van der Waals surface area (Å²) in [5, 5.41) is 23.1. The molecule has 4 rings (SSSR count). The number of hydrogen-bond donors (Lipinski definition) is 5. The molecule has 0 saturated carbocycles. The van der Waals surface area contributed by atoms with Crippen LogP contribution < -0.4 is 10.6 Å². The molecule has 13 heteroatoms. The highest BCUT2D eigenvalue weighted by Gasteiger charge is 2.40. The number of halogens is 1. The summed E-state index contributed by atoms with van der Waals surface area (Å²) in [7, 11) is 0. The molecule has 1 fully saturated rings. The van der Waals surface area contributed by atoms with E-state index in [-0.39, 0.29) is 44.8 Å². The number of nitrogens with zero attached hydrogens (tertiary/aromatic N) is 3. The van der Waals surface area contributed by atoms with E-state index in [2.05, 4.69) is 30.6 Å². The van der Waals surface area contributed by atoms with Crippen molar-refractivity contribution in [3.8, 4) is 22.6 Å². The molecule has 0 radical (unpaired) electrons. The second-order valence-corrected chi connectivity index (χ2v) is 8.36. The quantitative estimate of drug-likeness (QED) is 0.289. The molecular weight excluding hydrogens is 475 g/mol. The molecule has 1 aliphatic rings. The van der Waals surface area contributed by atoms with Crippen molar-refractivity contribution in [1.82, 2.24) is 25.3 Å². The van der Waals surface area contributed by atoms with Gasteiger partial charge in [-0.3, -0.25) is 9.59 Å². The lowest BCUT2D eigenvalue weighted by molar-refractivity contribution is -0.231. The van der Waals surface area contributed by atoms with Crippen molar-refractivity contribution in [2.75, 3.05) is 38.2 Å². The molecule has 3 aromatic rings. The number of imidazole rings is 1. The maximum absolute atomic E-state index is 13.5. The Labute approximate surface area is 204 Å². The number of ether oxygens (including phenoxy) is 2. The number of nitrogens with one attached hydrogen (secondary N) is 3. The van der Waals surface area contributed by atoms with E-state index in [9.17, 15) is 14.0 Å². The van der Waals surface area contributed by atoms with E-state index in [0.29, 0.717) is 28.5 Å². The second kappa shape index (κ2) is 10.8. The lowest BCUT2D eigenvalue weighted by atomic mass is 9.91. The Hall–Kier alpha value is -3.94. The molecule has 1 amide bonds. The van der Waals surface area contributed by atoms with Gasteiger partial charge in [0.05, 0.1) is 42.3 Å². The summed E-state index contributed by atoms with van der Waals surface area (Å²) in [5.74, 6) is -1.37. The number of aliphatic carboxylic acids is 1. The van der Waals surface area contributed by atoms with Crippen molar-refractivity contribution < 1.29 is 33.7 Å². The van der Waals surface area contributed by atoms with Crippen LogP contribution in [-0.2, 0) is 19.1 Å². The van der Waals surface area contributed by atoms with Crippen LogP contribution in [-0.4, -0.2) is 74.9 Å². The Morgan fingerprint density at radius 3 is 2.58 bits per heavy atom. The molecule has 1 aliphatic heterocycles. The van der Waals surface area contributed by atoms with Gasteiger partial charge in [0.15, 0.2) is 5.82 Å². The second-order valence-electron chi connectivity index (χ2n) is 8.36. The Morgan fingerprint density at radius 2 is 1.92 bits per heavy atom. The number of hydrogen-bond acceptors (Lipinski definition) is 9. The van der Waals surface area contributed by atoms with Gasteiger partial charge in [-0.05, 0) is 37.3 Å². The standard InChI is InChI=1S/C23H25FN6O6/c1-23(21(34)25-8-9-31)11-35-20(36-12-23)19-29-17(13-2-4-14(24)5-3-13)18(30-19)15-6-7-26-22(28-15)27-10-16(32)33/h2-7,20,31H,8-12H2,1H3,(H,25,34)(H,29,30)(H,32,33)(H,26,27,28). The van der Waals surface area contributed by atoms with Crippen molar-refractivity contribution >= 4 is 17.8 Å². The summed E-state index contributed by atoms with van der Waals surface area (Å²) in [5.41, 5.74) is 0.947. The number of carboxylic acid groups (broad SMARTS) is 1. The smallest absolute Gasteiger partial charge is 0.322 e. The monoisotopic (exact) mass is 500 g/mol. The number of aliphatic hydroxyl groups is 1. The summed E-state index contributed by atoms with van der Waals surface area (Å²) in [6.45, 7) is 1.38. The van der Waals surface area contributed by atoms with Crippen LogP contribution >= 0.6 is 0 Å². The van der Waals surface area contributed by atoms with Crippen molar-refractivity contribution in [2.24, 2.45) is 5.41 Å². The third kappa shape index (κ3) is 5.64. The normalized spacial score (nSPS) is 19.6. The number of benzene rings is 1. The summed E-state index contributed by atoms with van der Waals surface area (Å²) >= 11 is 0. The van der Waals surface area contributed by atoms with E-state index in [1.807, 2.05) is 0 Å². The molecule has 12 nitrogen and oxygen atoms in total. The molecule has 5 N–H and O–H groups in total. The minimum absolute atomic E-state index is 0.0492. The zero-order chi connectivity index (χ0) is 25.7. The van der Waals surface area contributed by atoms with Gasteiger partial charge in [-0.2, -0.15) is 0 Å². The van der Waals surface area contributed by atoms with E-state index in [1.165, 1.54) is 18.3 Å². The maximum atomic E-state index is 13.5. The number of anilines is 1. The summed E-state index contributed by atoms with van der Waals surface area (Å²) in [6.07, 6.45) is 0.550. The average Bonchev–Trinajstić information content (AvgIpc) is 3.32. The molecule has 0 bridgehead atoms. The Kier molecular flexibility index (Phi) is 7.52. The fourth-order valence-electron chi connectivity index (χ4n) is 3.52. The number of carboxylic acids is 1. The number of aromatic nitrogens is 4. The number of aliphatic hydroxyl groups excluding tert-OH is 1. The van der Waals surface area contributed by atoms with Crippen LogP contribution in [0.2, 0.25) is 0 Å². The largest absolute Gasteiger partial charge is 0.480 e. The van der Waals surface area contributed by atoms with Crippen molar-refractivity contribution in [2.45, 2.75) is 13.2 Å². The van der Waals surface area contributed by atoms with Crippen LogP contribution in [0.4, 0.5) is 10.3 Å². The predicted molar refractivity (Wildman–Crippen MR) is 124 cm³/mol. The molecule has 190 valence electrons. The zero-order valence-electron chi connectivity index (χ0n) is 19.3. The van der Waals surface area contributed by atoms with E-state index >= 15 is 0 Å². The first kappa shape index (κ1) is 25.2. The van der Waals surface area contributed by atoms with E-state index in [0.717, 1.165) is 0 Å². The van der Waals surface area contributed by atoms with Gasteiger partial charge < -0.3 is 35.3 Å². The first-order chi connectivity index (χ1) is 17.3. The lowest BCUT2D eigenvalue weighted by Crippen LogP contribution is -2.49. The molecule has 0 aliphatic carbocycles. The third-order valence-electron chi connectivity index (χ3n) is 5.42. The Morgan fingerprint density at radius 1 is 1.19 bits per heavy atom. The fourth-order valence-corrected chi connectivity index (χ4v) is 3.52. The van der Waals surface area contributed by atoms with Gasteiger partial charge in [-0.15, -0.1) is 0 Å². The molecule has 1 saturated heterocycles. The van der Waals surface area contributed by atoms with Gasteiger partial charge in [-0.25, -0.2) is 19.3 Å². The molecule has 1 aromatic carbocycles. The highest BCUT2D eigenvalue weighted by molar-refractivity contribution is 5.82. The summed E-state index contributed by atoms with van der Waals surface area (Å²) in [6, 6.07) is 7.35. The van der Waals surface area contributed by atoms with Crippen molar-refractivity contribution in [1.29, 1.82) is 0 Å². The molecule has 36 heavy (non-hydrogen) atoms. The van der Waals surface area contributed by atoms with Gasteiger partial charge in [0, 0.05) is 18.3 Å². The number of rotatable bonds is 9. The molecule has 0 unspecified atom stereocenters. The minimum Gasteiger partial charge on any atom is -0.480 e.